The van der Waals surface area contributed by atoms with Crippen molar-refractivity contribution < 1.29 is 19.5 Å². The van der Waals surface area contributed by atoms with Crippen molar-refractivity contribution in [2.24, 2.45) is 0 Å². The topological polar surface area (TPSA) is 98.7 Å². The first-order chi connectivity index (χ1) is 9.20. The normalized spacial score (nSPS) is 18.8. The van der Waals surface area contributed by atoms with Gasteiger partial charge in [0.15, 0.2) is 0 Å². The largest absolute Gasteiger partial charge is 0.480 e. The van der Waals surface area contributed by atoms with Crippen molar-refractivity contribution in [3.05, 3.63) is 0 Å². The minimum Gasteiger partial charge on any atom is -0.480 e. The summed E-state index contributed by atoms with van der Waals surface area (Å²) in [5, 5.41) is 14.4. The highest BCUT2D eigenvalue weighted by atomic mass is 16.4. The summed E-state index contributed by atoms with van der Waals surface area (Å²) in [5.41, 5.74) is -0.301. The van der Waals surface area contributed by atoms with Gasteiger partial charge in [-0.1, -0.05) is 0 Å². The predicted molar refractivity (Wildman–Crippen MR) is 73.3 cm³/mol. The lowest BCUT2D eigenvalue weighted by molar-refractivity contribution is -0.141. The first-order valence-corrected chi connectivity index (χ1v) is 6.79. The van der Waals surface area contributed by atoms with Gasteiger partial charge < -0.3 is 20.6 Å². The molecule has 0 aliphatic carbocycles. The molecule has 0 aromatic heterocycles. The highest BCUT2D eigenvalue weighted by molar-refractivity contribution is 5.83. The molecule has 1 aliphatic heterocycles. The monoisotopic (exact) mass is 285 g/mol. The number of hydrogen-bond donors (Lipinski definition) is 3. The van der Waals surface area contributed by atoms with Crippen LogP contribution in [0, 0.1) is 0 Å². The molecule has 0 spiro atoms. The highest BCUT2D eigenvalue weighted by Crippen LogP contribution is 2.17. The fraction of sp³-hybridized carbons (Fsp3) is 0.769. The molecular weight excluding hydrogens is 262 g/mol. The Hall–Kier alpha value is -1.79. The molecule has 0 bridgehead atoms. The summed E-state index contributed by atoms with van der Waals surface area (Å²) >= 11 is 0. The smallest absolute Gasteiger partial charge is 0.326 e. The number of carboxylic acids is 1. The van der Waals surface area contributed by atoms with Crippen LogP contribution >= 0.6 is 0 Å². The molecule has 20 heavy (non-hydrogen) atoms. The molecular formula is C13H23N3O4. The molecule has 114 valence electrons. The van der Waals surface area contributed by atoms with E-state index in [-0.39, 0.29) is 24.4 Å². The molecule has 3 N–H and O–H groups in total. The third-order valence-corrected chi connectivity index (χ3v) is 2.94. The number of carbonyl (C=O) groups is 3. The summed E-state index contributed by atoms with van der Waals surface area (Å²) in [4.78, 5) is 35.7. The van der Waals surface area contributed by atoms with E-state index in [2.05, 4.69) is 10.6 Å². The third-order valence-electron chi connectivity index (χ3n) is 2.94. The standard InChI is InChI=1S/C13H23N3O4/c1-13(2,3)15-10(17)6-7-14-12(20)16-8-4-5-9(16)11(18)19/h9H,4-8H2,1-3H3,(H,14,20)(H,15,17)(H,18,19). The van der Waals surface area contributed by atoms with Gasteiger partial charge in [0.1, 0.15) is 6.04 Å². The van der Waals surface area contributed by atoms with Crippen LogP contribution in [0.25, 0.3) is 0 Å². The zero-order valence-corrected chi connectivity index (χ0v) is 12.2. The Bertz CT molecular complexity index is 390. The van der Waals surface area contributed by atoms with Crippen LogP contribution in [0.4, 0.5) is 4.79 Å². The van der Waals surface area contributed by atoms with Crippen LogP contribution in [-0.2, 0) is 9.59 Å². The van der Waals surface area contributed by atoms with Crippen LogP contribution in [-0.4, -0.2) is 52.6 Å². The molecule has 1 saturated heterocycles. The van der Waals surface area contributed by atoms with E-state index >= 15 is 0 Å². The van der Waals surface area contributed by atoms with E-state index in [0.717, 1.165) is 0 Å². The van der Waals surface area contributed by atoms with Gasteiger partial charge in [0.05, 0.1) is 0 Å². The molecule has 7 nitrogen and oxygen atoms in total. The molecule has 0 radical (unpaired) electrons. The molecule has 7 heteroatoms. The van der Waals surface area contributed by atoms with Crippen LogP contribution in [0.3, 0.4) is 0 Å². The highest BCUT2D eigenvalue weighted by Gasteiger charge is 2.33. The summed E-state index contributed by atoms with van der Waals surface area (Å²) in [6, 6.07) is -1.17. The average Bonchev–Trinajstić information content (AvgIpc) is 2.74. The summed E-state index contributed by atoms with van der Waals surface area (Å²) in [5.74, 6) is -1.13. The molecule has 1 fully saturated rings. The minimum absolute atomic E-state index is 0.144. The van der Waals surface area contributed by atoms with Crippen LogP contribution in [0.15, 0.2) is 0 Å². The van der Waals surface area contributed by atoms with E-state index < -0.39 is 18.0 Å². The van der Waals surface area contributed by atoms with E-state index in [1.54, 1.807) is 0 Å². The number of aliphatic carboxylic acids is 1. The number of carboxylic acid groups (broad SMARTS) is 1. The number of amides is 3. The van der Waals surface area contributed by atoms with E-state index in [4.69, 9.17) is 5.11 Å². The Morgan fingerprint density at radius 3 is 2.50 bits per heavy atom. The van der Waals surface area contributed by atoms with Crippen molar-refractivity contribution in [3.63, 3.8) is 0 Å². The number of nitrogens with zero attached hydrogens (tertiary/aromatic N) is 1. The number of hydrogen-bond acceptors (Lipinski definition) is 3. The lowest BCUT2D eigenvalue weighted by atomic mass is 10.1. The van der Waals surface area contributed by atoms with E-state index in [1.807, 2.05) is 20.8 Å². The first-order valence-electron chi connectivity index (χ1n) is 6.79. The molecule has 1 unspecified atom stereocenters. The van der Waals surface area contributed by atoms with Crippen LogP contribution in [0.1, 0.15) is 40.0 Å². The quantitative estimate of drug-likeness (QED) is 0.702. The molecule has 0 aromatic carbocycles. The Morgan fingerprint density at radius 2 is 1.95 bits per heavy atom. The molecule has 0 aromatic rings. The second-order valence-corrected chi connectivity index (χ2v) is 5.97. The van der Waals surface area contributed by atoms with Gasteiger partial charge in [-0.25, -0.2) is 9.59 Å². The van der Waals surface area contributed by atoms with Crippen molar-refractivity contribution >= 4 is 17.9 Å². The number of likely N-dealkylation sites (tertiary alicyclic amines) is 1. The van der Waals surface area contributed by atoms with Gasteiger partial charge in [-0.2, -0.15) is 0 Å². The van der Waals surface area contributed by atoms with E-state index in [9.17, 15) is 14.4 Å². The second-order valence-electron chi connectivity index (χ2n) is 5.97. The van der Waals surface area contributed by atoms with Gasteiger partial charge in [-0.05, 0) is 33.6 Å². The number of rotatable bonds is 4. The molecule has 1 rings (SSSR count). The summed E-state index contributed by atoms with van der Waals surface area (Å²) in [6.07, 6.45) is 1.34. The molecule has 1 aliphatic rings. The lowest BCUT2D eigenvalue weighted by Gasteiger charge is -2.22. The average molecular weight is 285 g/mol. The Kier molecular flexibility index (Phi) is 5.35. The number of nitrogens with one attached hydrogen (secondary N) is 2. The van der Waals surface area contributed by atoms with Crippen molar-refractivity contribution in [1.29, 1.82) is 0 Å². The van der Waals surface area contributed by atoms with Crippen molar-refractivity contribution in [1.82, 2.24) is 15.5 Å². The molecule has 0 saturated carbocycles. The van der Waals surface area contributed by atoms with Gasteiger partial charge in [-0.15, -0.1) is 0 Å². The first kappa shape index (κ1) is 16.3. The van der Waals surface area contributed by atoms with Gasteiger partial charge in [-0.3, -0.25) is 4.79 Å². The van der Waals surface area contributed by atoms with Crippen molar-refractivity contribution in [2.45, 2.75) is 51.6 Å². The van der Waals surface area contributed by atoms with Gasteiger partial charge >= 0.3 is 12.0 Å². The van der Waals surface area contributed by atoms with Crippen LogP contribution in [0.2, 0.25) is 0 Å². The van der Waals surface area contributed by atoms with Gasteiger partial charge in [0.2, 0.25) is 5.91 Å². The van der Waals surface area contributed by atoms with Gasteiger partial charge in [0, 0.05) is 25.0 Å². The summed E-state index contributed by atoms with van der Waals surface area (Å²) in [6.45, 7) is 6.28. The fourth-order valence-corrected chi connectivity index (χ4v) is 2.13. The van der Waals surface area contributed by atoms with E-state index in [0.29, 0.717) is 19.4 Å². The number of carbonyl (C=O) groups excluding carboxylic acids is 2. The van der Waals surface area contributed by atoms with Crippen molar-refractivity contribution in [2.75, 3.05) is 13.1 Å². The lowest BCUT2D eigenvalue weighted by Crippen LogP contribution is -2.47. The SMILES string of the molecule is CC(C)(C)NC(=O)CCNC(=O)N1CCCC1C(=O)O. The molecule has 1 heterocycles. The maximum absolute atomic E-state index is 11.8. The zero-order chi connectivity index (χ0) is 15.3. The maximum atomic E-state index is 11.8. The maximum Gasteiger partial charge on any atom is 0.326 e. The minimum atomic E-state index is -0.983. The second kappa shape index (κ2) is 6.58. The predicted octanol–water partition coefficient (Wildman–Crippen LogP) is 0.550. The Balaban J connectivity index is 2.33. The fourth-order valence-electron chi connectivity index (χ4n) is 2.13. The third kappa shape index (κ3) is 5.07. The molecule has 3 amide bonds. The number of urea groups is 1. The zero-order valence-electron chi connectivity index (χ0n) is 12.2. The van der Waals surface area contributed by atoms with Gasteiger partial charge in [0.25, 0.3) is 0 Å². The summed E-state index contributed by atoms with van der Waals surface area (Å²) in [7, 11) is 0. The summed E-state index contributed by atoms with van der Waals surface area (Å²) < 4.78 is 0. The van der Waals surface area contributed by atoms with Crippen LogP contribution in [0.5, 0.6) is 0 Å². The molecule has 1 atom stereocenters. The Morgan fingerprint density at radius 1 is 1.30 bits per heavy atom. The Labute approximate surface area is 118 Å². The van der Waals surface area contributed by atoms with Crippen LogP contribution < -0.4 is 10.6 Å². The van der Waals surface area contributed by atoms with Crippen molar-refractivity contribution in [3.8, 4) is 0 Å². The van der Waals surface area contributed by atoms with E-state index in [1.165, 1.54) is 4.90 Å².